The summed E-state index contributed by atoms with van der Waals surface area (Å²) in [6, 6.07) is 1.70. The van der Waals surface area contributed by atoms with E-state index in [9.17, 15) is 4.79 Å². The third-order valence-electron chi connectivity index (χ3n) is 2.41. The SMILES string of the molecule is CC(=O)Cc1c(Cl)cc2c(c1C)OCO2. The van der Waals surface area contributed by atoms with Crippen molar-refractivity contribution in [2.45, 2.75) is 20.3 Å². The summed E-state index contributed by atoms with van der Waals surface area (Å²) in [7, 11) is 0. The predicted octanol–water partition coefficient (Wildman–Crippen LogP) is 2.51. The smallest absolute Gasteiger partial charge is 0.231 e. The van der Waals surface area contributed by atoms with E-state index >= 15 is 0 Å². The van der Waals surface area contributed by atoms with Crippen molar-refractivity contribution >= 4 is 17.4 Å². The standard InChI is InChI=1S/C11H11ClO3/c1-6(13)3-8-7(2)11-10(4-9(8)12)14-5-15-11/h4H,3,5H2,1-2H3. The van der Waals surface area contributed by atoms with Crippen molar-refractivity contribution < 1.29 is 14.3 Å². The fourth-order valence-corrected chi connectivity index (χ4v) is 1.98. The minimum Gasteiger partial charge on any atom is -0.454 e. The van der Waals surface area contributed by atoms with Gasteiger partial charge < -0.3 is 9.47 Å². The van der Waals surface area contributed by atoms with Crippen LogP contribution in [0.25, 0.3) is 0 Å². The van der Waals surface area contributed by atoms with E-state index in [1.165, 1.54) is 0 Å². The van der Waals surface area contributed by atoms with Crippen LogP contribution in [0.15, 0.2) is 6.07 Å². The third-order valence-corrected chi connectivity index (χ3v) is 2.74. The number of hydrogen-bond acceptors (Lipinski definition) is 3. The molecule has 0 fully saturated rings. The van der Waals surface area contributed by atoms with Crippen molar-refractivity contribution in [3.8, 4) is 11.5 Å². The summed E-state index contributed by atoms with van der Waals surface area (Å²) in [5, 5.41) is 0.562. The quantitative estimate of drug-likeness (QED) is 0.777. The molecule has 0 atom stereocenters. The van der Waals surface area contributed by atoms with Crippen LogP contribution in [0.4, 0.5) is 0 Å². The van der Waals surface area contributed by atoms with E-state index in [4.69, 9.17) is 21.1 Å². The van der Waals surface area contributed by atoms with Gasteiger partial charge >= 0.3 is 0 Å². The van der Waals surface area contributed by atoms with Gasteiger partial charge in [-0.05, 0) is 19.4 Å². The summed E-state index contributed by atoms with van der Waals surface area (Å²) in [5.41, 5.74) is 1.72. The Kier molecular flexibility index (Phi) is 2.57. The monoisotopic (exact) mass is 226 g/mol. The predicted molar refractivity (Wildman–Crippen MR) is 56.7 cm³/mol. The second-order valence-corrected chi connectivity index (χ2v) is 3.98. The molecule has 80 valence electrons. The summed E-state index contributed by atoms with van der Waals surface area (Å²) in [4.78, 5) is 11.1. The van der Waals surface area contributed by atoms with Crippen molar-refractivity contribution in [2.24, 2.45) is 0 Å². The van der Waals surface area contributed by atoms with Crippen LogP contribution in [0.1, 0.15) is 18.1 Å². The Hall–Kier alpha value is -1.22. The minimum absolute atomic E-state index is 0.0823. The van der Waals surface area contributed by atoms with Gasteiger partial charge in [0.25, 0.3) is 0 Å². The van der Waals surface area contributed by atoms with Crippen LogP contribution in [0.3, 0.4) is 0 Å². The fraction of sp³-hybridized carbons (Fsp3) is 0.364. The van der Waals surface area contributed by atoms with Crippen molar-refractivity contribution in [3.63, 3.8) is 0 Å². The number of ketones is 1. The van der Waals surface area contributed by atoms with Crippen LogP contribution in [0.2, 0.25) is 5.02 Å². The van der Waals surface area contributed by atoms with Crippen LogP contribution >= 0.6 is 11.6 Å². The summed E-state index contributed by atoms with van der Waals surface area (Å²) in [5.74, 6) is 1.44. The van der Waals surface area contributed by atoms with Gasteiger partial charge in [0.05, 0.1) is 0 Å². The van der Waals surface area contributed by atoms with Crippen LogP contribution < -0.4 is 9.47 Å². The summed E-state index contributed by atoms with van der Waals surface area (Å²) >= 11 is 6.07. The molecule has 0 saturated carbocycles. The highest BCUT2D eigenvalue weighted by atomic mass is 35.5. The Balaban J connectivity index is 2.51. The molecule has 0 bridgehead atoms. The van der Waals surface area contributed by atoms with E-state index in [-0.39, 0.29) is 12.6 Å². The van der Waals surface area contributed by atoms with Gasteiger partial charge in [0, 0.05) is 23.1 Å². The zero-order valence-corrected chi connectivity index (χ0v) is 9.35. The van der Waals surface area contributed by atoms with E-state index in [1.54, 1.807) is 13.0 Å². The van der Waals surface area contributed by atoms with Crippen molar-refractivity contribution in [2.75, 3.05) is 6.79 Å². The molecular weight excluding hydrogens is 216 g/mol. The summed E-state index contributed by atoms with van der Waals surface area (Å²) in [6.07, 6.45) is 0.335. The molecule has 0 aromatic heterocycles. The van der Waals surface area contributed by atoms with Crippen molar-refractivity contribution in [1.82, 2.24) is 0 Å². The first kappa shape index (κ1) is 10.3. The second kappa shape index (κ2) is 3.74. The van der Waals surface area contributed by atoms with Crippen LogP contribution in [0.5, 0.6) is 11.5 Å². The molecule has 15 heavy (non-hydrogen) atoms. The number of Topliss-reactive ketones (excluding diaryl/α,β-unsaturated/α-hetero) is 1. The van der Waals surface area contributed by atoms with Crippen LogP contribution in [-0.2, 0) is 11.2 Å². The lowest BCUT2D eigenvalue weighted by Crippen LogP contribution is -2.00. The van der Waals surface area contributed by atoms with E-state index in [2.05, 4.69) is 0 Å². The van der Waals surface area contributed by atoms with E-state index in [1.807, 2.05) is 6.92 Å². The zero-order valence-electron chi connectivity index (χ0n) is 8.59. The number of ether oxygens (including phenoxy) is 2. The van der Waals surface area contributed by atoms with E-state index in [0.29, 0.717) is 22.9 Å². The van der Waals surface area contributed by atoms with Gasteiger partial charge in [-0.25, -0.2) is 0 Å². The number of rotatable bonds is 2. The lowest BCUT2D eigenvalue weighted by molar-refractivity contribution is -0.116. The van der Waals surface area contributed by atoms with E-state index < -0.39 is 0 Å². The molecule has 1 heterocycles. The Morgan fingerprint density at radius 2 is 2.27 bits per heavy atom. The molecule has 0 amide bonds. The van der Waals surface area contributed by atoms with Gasteiger partial charge in [-0.2, -0.15) is 0 Å². The molecule has 1 aromatic rings. The van der Waals surface area contributed by atoms with E-state index in [0.717, 1.165) is 11.1 Å². The van der Waals surface area contributed by atoms with Gasteiger partial charge in [0.15, 0.2) is 11.5 Å². The molecule has 2 rings (SSSR count). The molecule has 4 heteroatoms. The maximum absolute atomic E-state index is 11.1. The largest absolute Gasteiger partial charge is 0.454 e. The molecule has 1 aromatic carbocycles. The number of fused-ring (bicyclic) bond motifs is 1. The first-order valence-corrected chi connectivity index (χ1v) is 5.04. The molecule has 0 unspecified atom stereocenters. The first-order chi connectivity index (χ1) is 7.09. The zero-order chi connectivity index (χ0) is 11.0. The molecule has 3 nitrogen and oxygen atoms in total. The Bertz CT molecular complexity index is 426. The van der Waals surface area contributed by atoms with Crippen molar-refractivity contribution in [1.29, 1.82) is 0 Å². The highest BCUT2D eigenvalue weighted by Crippen LogP contribution is 2.40. The van der Waals surface area contributed by atoms with Crippen LogP contribution in [0, 0.1) is 6.92 Å². The number of carbonyl (C=O) groups excluding carboxylic acids is 1. The molecule has 0 spiro atoms. The van der Waals surface area contributed by atoms with Gasteiger partial charge in [-0.15, -0.1) is 0 Å². The maximum Gasteiger partial charge on any atom is 0.231 e. The summed E-state index contributed by atoms with van der Waals surface area (Å²) in [6.45, 7) is 3.65. The highest BCUT2D eigenvalue weighted by Gasteiger charge is 2.21. The van der Waals surface area contributed by atoms with Gasteiger partial charge in [0.1, 0.15) is 5.78 Å². The lowest BCUT2D eigenvalue weighted by Gasteiger charge is -2.09. The molecule has 0 saturated heterocycles. The number of benzene rings is 1. The van der Waals surface area contributed by atoms with Crippen molar-refractivity contribution in [3.05, 3.63) is 22.2 Å². The topological polar surface area (TPSA) is 35.5 Å². The second-order valence-electron chi connectivity index (χ2n) is 3.57. The minimum atomic E-state index is 0.0823. The summed E-state index contributed by atoms with van der Waals surface area (Å²) < 4.78 is 10.5. The Labute approximate surface area is 92.9 Å². The average molecular weight is 227 g/mol. The normalized spacial score (nSPS) is 13.0. The molecule has 0 N–H and O–H groups in total. The maximum atomic E-state index is 11.1. The Morgan fingerprint density at radius 3 is 2.93 bits per heavy atom. The van der Waals surface area contributed by atoms with Gasteiger partial charge in [0.2, 0.25) is 6.79 Å². The molecular formula is C11H11ClO3. The molecule has 1 aliphatic rings. The number of halogens is 1. The van der Waals surface area contributed by atoms with Crippen LogP contribution in [-0.4, -0.2) is 12.6 Å². The van der Waals surface area contributed by atoms with Gasteiger partial charge in [-0.3, -0.25) is 4.79 Å². The van der Waals surface area contributed by atoms with Gasteiger partial charge in [-0.1, -0.05) is 11.6 Å². The number of hydrogen-bond donors (Lipinski definition) is 0. The molecule has 0 radical (unpaired) electrons. The molecule has 1 aliphatic heterocycles. The third kappa shape index (κ3) is 1.79. The number of carbonyl (C=O) groups is 1. The average Bonchev–Trinajstić information content (AvgIpc) is 2.59. The molecule has 0 aliphatic carbocycles. The lowest BCUT2D eigenvalue weighted by atomic mass is 10.0. The highest BCUT2D eigenvalue weighted by molar-refractivity contribution is 6.32. The Morgan fingerprint density at radius 1 is 1.53 bits per heavy atom. The fourth-order valence-electron chi connectivity index (χ4n) is 1.67. The first-order valence-electron chi connectivity index (χ1n) is 4.66.